The van der Waals surface area contributed by atoms with E-state index in [9.17, 15) is 0 Å². The van der Waals surface area contributed by atoms with E-state index in [0.717, 1.165) is 12.1 Å². The van der Waals surface area contributed by atoms with E-state index in [0.29, 0.717) is 9.52 Å². The van der Waals surface area contributed by atoms with E-state index in [1.807, 2.05) is 0 Å². The molecular weight excluding hydrogens is 190 g/mol. The van der Waals surface area contributed by atoms with E-state index < -0.39 is 0 Å². The first-order valence-corrected chi connectivity index (χ1v) is 10.1. The molecule has 1 aliphatic heterocycles. The summed E-state index contributed by atoms with van der Waals surface area (Å²) in [6.07, 6.45) is 4.39. The molecule has 0 radical (unpaired) electrons. The molecule has 0 aliphatic carbocycles. The van der Waals surface area contributed by atoms with Crippen LogP contribution in [-0.2, 0) is 0 Å². The molecular formula is C10H25NSi2. The molecule has 0 aromatic heterocycles. The van der Waals surface area contributed by atoms with Crippen LogP contribution in [0.5, 0.6) is 0 Å². The molecule has 2 unspecified atom stereocenters. The third kappa shape index (κ3) is 3.56. The fourth-order valence-electron chi connectivity index (χ4n) is 2.46. The number of nitrogens with zero attached hydrogens (tertiary/aromatic N) is 1. The van der Waals surface area contributed by atoms with Crippen LogP contribution in [0.4, 0.5) is 0 Å². The van der Waals surface area contributed by atoms with Crippen LogP contribution < -0.4 is 0 Å². The average molecular weight is 215 g/mol. The Morgan fingerprint density at radius 1 is 1.15 bits per heavy atom. The zero-order valence-corrected chi connectivity index (χ0v) is 12.4. The quantitative estimate of drug-likeness (QED) is 0.506. The van der Waals surface area contributed by atoms with E-state index in [2.05, 4.69) is 25.0 Å². The highest BCUT2D eigenvalue weighted by Gasteiger charge is 2.23. The molecule has 13 heavy (non-hydrogen) atoms. The van der Waals surface area contributed by atoms with Crippen LogP contribution in [-0.4, -0.2) is 35.8 Å². The zero-order valence-electron chi connectivity index (χ0n) is 9.55. The molecule has 1 saturated heterocycles. The molecule has 0 amide bonds. The summed E-state index contributed by atoms with van der Waals surface area (Å²) in [5, 5.41) is 0. The summed E-state index contributed by atoms with van der Waals surface area (Å²) in [5.74, 6) is 0. The van der Waals surface area contributed by atoms with Gasteiger partial charge in [0.15, 0.2) is 0 Å². The summed E-state index contributed by atoms with van der Waals surface area (Å²) in [4.78, 5) is 0. The molecule has 0 saturated carbocycles. The molecule has 1 aliphatic rings. The van der Waals surface area contributed by atoms with Crippen LogP contribution in [0.15, 0.2) is 0 Å². The number of piperidine rings is 1. The van der Waals surface area contributed by atoms with Gasteiger partial charge in [-0.2, -0.15) is 0 Å². The van der Waals surface area contributed by atoms with Crippen molar-refractivity contribution in [1.29, 1.82) is 0 Å². The van der Waals surface area contributed by atoms with Gasteiger partial charge in [0, 0.05) is 21.6 Å². The van der Waals surface area contributed by atoms with Gasteiger partial charge in [-0.1, -0.05) is 38.9 Å². The van der Waals surface area contributed by atoms with E-state index >= 15 is 0 Å². The van der Waals surface area contributed by atoms with E-state index in [-0.39, 0.29) is 9.68 Å². The smallest absolute Gasteiger partial charge is 0.0954 e. The normalized spacial score (nSPS) is 32.5. The lowest BCUT2D eigenvalue weighted by Gasteiger charge is -2.39. The van der Waals surface area contributed by atoms with Gasteiger partial charge in [0.05, 0.1) is 9.68 Å². The van der Waals surface area contributed by atoms with Crippen LogP contribution in [0, 0.1) is 0 Å². The van der Waals surface area contributed by atoms with Crippen molar-refractivity contribution < 1.29 is 0 Å². The number of rotatable bonds is 4. The van der Waals surface area contributed by atoms with Crippen molar-refractivity contribution in [3.8, 4) is 0 Å². The van der Waals surface area contributed by atoms with Gasteiger partial charge in [0.25, 0.3) is 0 Å². The standard InChI is InChI=1S/C10H25NSi2/c1-9-5-4-6-10(2)11(9)13-8-7-12-3/h9-10H,4-8,12-13H2,1-3H3. The van der Waals surface area contributed by atoms with Crippen molar-refractivity contribution in [3.63, 3.8) is 0 Å². The Balaban J connectivity index is 2.26. The first-order valence-electron chi connectivity index (χ1n) is 6.01. The minimum absolute atomic E-state index is 0.128. The lowest BCUT2D eigenvalue weighted by Crippen LogP contribution is -2.45. The van der Waals surface area contributed by atoms with Crippen molar-refractivity contribution >= 4 is 19.2 Å². The van der Waals surface area contributed by atoms with Gasteiger partial charge in [-0.25, -0.2) is 0 Å². The molecule has 1 nitrogen and oxygen atoms in total. The highest BCUT2D eigenvalue weighted by atomic mass is 28.2. The predicted molar refractivity (Wildman–Crippen MR) is 67.2 cm³/mol. The lowest BCUT2D eigenvalue weighted by molar-refractivity contribution is 0.206. The Labute approximate surface area is 88.0 Å². The molecule has 0 aromatic rings. The minimum atomic E-state index is 0.128. The van der Waals surface area contributed by atoms with E-state index in [1.165, 1.54) is 19.3 Å². The Morgan fingerprint density at radius 2 is 1.77 bits per heavy atom. The predicted octanol–water partition coefficient (Wildman–Crippen LogP) is 1.39. The average Bonchev–Trinajstić information content (AvgIpc) is 2.10. The van der Waals surface area contributed by atoms with Crippen molar-refractivity contribution in [3.05, 3.63) is 0 Å². The molecule has 0 bridgehead atoms. The van der Waals surface area contributed by atoms with Crippen molar-refractivity contribution in [2.24, 2.45) is 0 Å². The minimum Gasteiger partial charge on any atom is -0.324 e. The molecule has 1 heterocycles. The molecule has 1 rings (SSSR count). The van der Waals surface area contributed by atoms with Crippen LogP contribution in [0.25, 0.3) is 0 Å². The second-order valence-corrected chi connectivity index (χ2v) is 8.17. The van der Waals surface area contributed by atoms with Crippen LogP contribution in [0.1, 0.15) is 33.1 Å². The monoisotopic (exact) mass is 215 g/mol. The Hall–Kier alpha value is 0.394. The summed E-state index contributed by atoms with van der Waals surface area (Å²) in [6, 6.07) is 5.02. The van der Waals surface area contributed by atoms with Gasteiger partial charge in [-0.05, 0) is 12.8 Å². The number of hydrogen-bond donors (Lipinski definition) is 0. The summed E-state index contributed by atoms with van der Waals surface area (Å²) < 4.78 is 2.87. The van der Waals surface area contributed by atoms with Crippen molar-refractivity contribution in [1.82, 2.24) is 4.57 Å². The molecule has 3 heteroatoms. The van der Waals surface area contributed by atoms with Gasteiger partial charge < -0.3 is 4.57 Å². The summed E-state index contributed by atoms with van der Waals surface area (Å²) in [5.41, 5.74) is 0. The first-order chi connectivity index (χ1) is 6.25. The topological polar surface area (TPSA) is 3.24 Å². The second kappa shape index (κ2) is 5.99. The largest absolute Gasteiger partial charge is 0.324 e. The molecule has 0 spiro atoms. The van der Waals surface area contributed by atoms with Crippen LogP contribution >= 0.6 is 0 Å². The van der Waals surface area contributed by atoms with Crippen molar-refractivity contribution in [2.45, 2.75) is 63.8 Å². The maximum absolute atomic E-state index is 2.87. The maximum Gasteiger partial charge on any atom is 0.0954 e. The highest BCUT2D eigenvalue weighted by Crippen LogP contribution is 2.21. The fourth-order valence-corrected chi connectivity index (χ4v) is 6.97. The summed E-state index contributed by atoms with van der Waals surface area (Å²) in [6.45, 7) is 7.32. The molecule has 1 fully saturated rings. The lowest BCUT2D eigenvalue weighted by atomic mass is 10.0. The van der Waals surface area contributed by atoms with E-state index in [4.69, 9.17) is 0 Å². The Bertz CT molecular complexity index is 131. The molecule has 2 atom stereocenters. The SMILES string of the molecule is C[SiH2]CC[SiH2]N1C(C)CCCC1C. The second-order valence-electron chi connectivity index (χ2n) is 4.57. The molecule has 0 aromatic carbocycles. The van der Waals surface area contributed by atoms with Gasteiger partial charge in [-0.3, -0.25) is 0 Å². The van der Waals surface area contributed by atoms with Gasteiger partial charge in [-0.15, -0.1) is 0 Å². The third-order valence-corrected chi connectivity index (χ3v) is 8.18. The van der Waals surface area contributed by atoms with Crippen molar-refractivity contribution in [2.75, 3.05) is 0 Å². The zero-order chi connectivity index (χ0) is 9.68. The highest BCUT2D eigenvalue weighted by molar-refractivity contribution is 6.39. The van der Waals surface area contributed by atoms with Gasteiger partial charge >= 0.3 is 0 Å². The Kier molecular flexibility index (Phi) is 5.28. The number of hydrogen-bond acceptors (Lipinski definition) is 1. The third-order valence-electron chi connectivity index (χ3n) is 3.40. The van der Waals surface area contributed by atoms with Gasteiger partial charge in [0.1, 0.15) is 0 Å². The maximum atomic E-state index is 2.87. The summed E-state index contributed by atoms with van der Waals surface area (Å²) >= 11 is 0. The molecule has 78 valence electrons. The first kappa shape index (κ1) is 11.5. The summed E-state index contributed by atoms with van der Waals surface area (Å²) in [7, 11) is 0.469. The Morgan fingerprint density at radius 3 is 2.31 bits per heavy atom. The molecule has 0 N–H and O–H groups in total. The van der Waals surface area contributed by atoms with E-state index in [1.54, 1.807) is 12.1 Å². The van der Waals surface area contributed by atoms with Crippen LogP contribution in [0.3, 0.4) is 0 Å². The van der Waals surface area contributed by atoms with Crippen LogP contribution in [0.2, 0.25) is 18.6 Å². The van der Waals surface area contributed by atoms with Gasteiger partial charge in [0.2, 0.25) is 0 Å². The fraction of sp³-hybridized carbons (Fsp3) is 1.00.